The molecule has 0 aliphatic carbocycles. The van der Waals surface area contributed by atoms with E-state index in [0.717, 1.165) is 0 Å². The number of esters is 1. The number of H-pyrrole nitrogens is 1. The van der Waals surface area contributed by atoms with Crippen LogP contribution in [0.1, 0.15) is 52.9 Å². The number of aromatic amines is 1. The Balaban J connectivity index is 2.93. The second-order valence-electron chi connectivity index (χ2n) is 6.29. The van der Waals surface area contributed by atoms with Crippen molar-refractivity contribution in [3.05, 3.63) is 22.5 Å². The first-order valence-corrected chi connectivity index (χ1v) is 7.91. The van der Waals surface area contributed by atoms with Crippen molar-refractivity contribution in [3.8, 4) is 0 Å². The van der Waals surface area contributed by atoms with Gasteiger partial charge in [-0.05, 0) is 47.2 Å². The Labute approximate surface area is 142 Å². The topological polar surface area (TPSA) is 91.5 Å². The molecule has 1 amide bonds. The van der Waals surface area contributed by atoms with Crippen LogP contribution in [0, 0.1) is 13.8 Å². The van der Waals surface area contributed by atoms with E-state index in [2.05, 4.69) is 10.3 Å². The quantitative estimate of drug-likeness (QED) is 0.580. The van der Waals surface area contributed by atoms with E-state index in [1.165, 1.54) is 7.11 Å². The fourth-order valence-electron chi connectivity index (χ4n) is 2.54. The number of Topliss-reactive ketones (excluding diaryl/α,β-unsaturated/α-hetero) is 1. The number of nitrogens with zero attached hydrogens (tertiary/aromatic N) is 1. The number of carbonyl (C=O) groups is 3. The van der Waals surface area contributed by atoms with E-state index in [0.29, 0.717) is 22.5 Å². The first-order chi connectivity index (χ1) is 11.1. The van der Waals surface area contributed by atoms with Gasteiger partial charge in [0.15, 0.2) is 5.78 Å². The van der Waals surface area contributed by atoms with Gasteiger partial charge in [-0.2, -0.15) is 0 Å². The van der Waals surface area contributed by atoms with Gasteiger partial charge in [0.05, 0.1) is 31.0 Å². The molecule has 0 radical (unpaired) electrons. The van der Waals surface area contributed by atoms with Gasteiger partial charge in [-0.1, -0.05) is 0 Å². The van der Waals surface area contributed by atoms with E-state index < -0.39 is 12.0 Å². The summed E-state index contributed by atoms with van der Waals surface area (Å²) in [5.41, 5.74) is 1.91. The van der Waals surface area contributed by atoms with E-state index in [-0.39, 0.29) is 24.3 Å². The molecule has 0 unspecified atom stereocenters. The largest absolute Gasteiger partial charge is 0.465 e. The van der Waals surface area contributed by atoms with Crippen molar-refractivity contribution in [2.24, 2.45) is 0 Å². The molecule has 24 heavy (non-hydrogen) atoms. The third-order valence-corrected chi connectivity index (χ3v) is 3.96. The number of aryl methyl sites for hydroxylation is 1. The van der Waals surface area contributed by atoms with Crippen molar-refractivity contribution in [3.63, 3.8) is 0 Å². The maximum absolute atomic E-state index is 12.7. The second kappa shape index (κ2) is 8.10. The molecule has 1 aromatic rings. The Kier molecular flexibility index (Phi) is 6.71. The molecular weight excluding hydrogens is 310 g/mol. The summed E-state index contributed by atoms with van der Waals surface area (Å²) in [6.45, 7) is 9.05. The Bertz CT molecular complexity index is 634. The molecule has 7 heteroatoms. The summed E-state index contributed by atoms with van der Waals surface area (Å²) in [6, 6.07) is -0.460. The lowest BCUT2D eigenvalue weighted by atomic mass is 10.0. The zero-order valence-electron chi connectivity index (χ0n) is 15.4. The summed E-state index contributed by atoms with van der Waals surface area (Å²) in [6.07, 6.45) is 0. The smallest absolute Gasteiger partial charge is 0.339 e. The lowest BCUT2D eigenvalue weighted by Crippen LogP contribution is -2.44. The number of nitrogens with one attached hydrogen (secondary N) is 2. The predicted octanol–water partition coefficient (Wildman–Crippen LogP) is 1.45. The molecule has 0 aliphatic heterocycles. The van der Waals surface area contributed by atoms with Gasteiger partial charge in [0, 0.05) is 11.7 Å². The molecule has 134 valence electrons. The molecule has 7 nitrogen and oxygen atoms in total. The molecule has 1 rings (SSSR count). The van der Waals surface area contributed by atoms with Gasteiger partial charge >= 0.3 is 5.97 Å². The summed E-state index contributed by atoms with van der Waals surface area (Å²) >= 11 is 0. The highest BCUT2D eigenvalue weighted by molar-refractivity contribution is 6.03. The van der Waals surface area contributed by atoms with Crippen molar-refractivity contribution in [2.75, 3.05) is 20.7 Å². The third kappa shape index (κ3) is 4.44. The predicted molar refractivity (Wildman–Crippen MR) is 91.3 cm³/mol. The van der Waals surface area contributed by atoms with Crippen LogP contribution in [-0.2, 0) is 9.53 Å². The molecule has 1 atom stereocenters. The number of likely N-dealkylation sites (N-methyl/N-ethyl adjacent to an activating group) is 1. The minimum absolute atomic E-state index is 0.0489. The van der Waals surface area contributed by atoms with Crippen molar-refractivity contribution in [1.29, 1.82) is 0 Å². The first kappa shape index (κ1) is 19.9. The highest BCUT2D eigenvalue weighted by Gasteiger charge is 2.27. The van der Waals surface area contributed by atoms with Crippen LogP contribution in [0.5, 0.6) is 0 Å². The fourth-order valence-corrected chi connectivity index (χ4v) is 2.54. The zero-order valence-corrected chi connectivity index (χ0v) is 15.4. The van der Waals surface area contributed by atoms with Crippen LogP contribution in [-0.4, -0.2) is 60.3 Å². The molecule has 0 bridgehead atoms. The van der Waals surface area contributed by atoms with E-state index in [1.54, 1.807) is 32.7 Å². The number of ether oxygens (including phenoxy) is 1. The molecule has 0 aliphatic rings. The number of ketones is 1. The molecule has 1 aromatic heterocycles. The maximum Gasteiger partial charge on any atom is 0.339 e. The number of methoxy groups -OCH3 is 1. The summed E-state index contributed by atoms with van der Waals surface area (Å²) in [5, 5.41) is 2.79. The van der Waals surface area contributed by atoms with Gasteiger partial charge in [-0.15, -0.1) is 0 Å². The van der Waals surface area contributed by atoms with Gasteiger partial charge in [-0.3, -0.25) is 14.5 Å². The normalized spacial score (nSPS) is 12.4. The number of hydrogen-bond acceptors (Lipinski definition) is 5. The molecule has 2 N–H and O–H groups in total. The Hall–Kier alpha value is -2.15. The van der Waals surface area contributed by atoms with Crippen LogP contribution < -0.4 is 5.32 Å². The van der Waals surface area contributed by atoms with E-state index in [4.69, 9.17) is 4.74 Å². The molecule has 1 heterocycles. The van der Waals surface area contributed by atoms with Crippen LogP contribution in [0.2, 0.25) is 0 Å². The zero-order chi connectivity index (χ0) is 18.6. The molecular formula is C17H27N3O4. The van der Waals surface area contributed by atoms with Crippen molar-refractivity contribution >= 4 is 17.7 Å². The van der Waals surface area contributed by atoms with E-state index in [9.17, 15) is 14.4 Å². The summed E-state index contributed by atoms with van der Waals surface area (Å²) in [7, 11) is 3.02. The SMILES string of the molecule is COC(=O)c1c(C)[nH]c(C(=O)[C@@H](C)N(C)CC(=O)NC(C)C)c1C. The standard InChI is InChI=1S/C17H27N3O4/c1-9(2)18-13(21)8-20(6)12(5)16(22)15-10(3)14(11(4)19-15)17(23)24-7/h9,12,19H,8H2,1-7H3,(H,18,21)/t12-/m1/s1. The lowest BCUT2D eigenvalue weighted by molar-refractivity contribution is -0.122. The summed E-state index contributed by atoms with van der Waals surface area (Å²) < 4.78 is 4.75. The van der Waals surface area contributed by atoms with Crippen LogP contribution >= 0.6 is 0 Å². The van der Waals surface area contributed by atoms with Gasteiger partial charge in [-0.25, -0.2) is 4.79 Å². The first-order valence-electron chi connectivity index (χ1n) is 7.91. The van der Waals surface area contributed by atoms with Gasteiger partial charge in [0.2, 0.25) is 5.91 Å². The van der Waals surface area contributed by atoms with Gasteiger partial charge in [0.25, 0.3) is 0 Å². The van der Waals surface area contributed by atoms with Crippen LogP contribution in [0.25, 0.3) is 0 Å². The highest BCUT2D eigenvalue weighted by Crippen LogP contribution is 2.21. The van der Waals surface area contributed by atoms with Crippen molar-refractivity contribution in [2.45, 2.75) is 46.7 Å². The van der Waals surface area contributed by atoms with Crippen LogP contribution in [0.4, 0.5) is 0 Å². The number of aromatic nitrogens is 1. The lowest BCUT2D eigenvalue weighted by Gasteiger charge is -2.23. The Morgan fingerprint density at radius 2 is 1.79 bits per heavy atom. The second-order valence-corrected chi connectivity index (χ2v) is 6.29. The number of amides is 1. The number of hydrogen-bond donors (Lipinski definition) is 2. The summed E-state index contributed by atoms with van der Waals surface area (Å²) in [5.74, 6) is -0.787. The average Bonchev–Trinajstić information content (AvgIpc) is 2.78. The summed E-state index contributed by atoms with van der Waals surface area (Å²) in [4.78, 5) is 41.0. The fraction of sp³-hybridized carbons (Fsp3) is 0.588. The molecule has 0 fully saturated rings. The van der Waals surface area contributed by atoms with Gasteiger partial charge < -0.3 is 15.0 Å². The van der Waals surface area contributed by atoms with Crippen molar-refractivity contribution < 1.29 is 19.1 Å². The van der Waals surface area contributed by atoms with Crippen LogP contribution in [0.15, 0.2) is 0 Å². The minimum Gasteiger partial charge on any atom is -0.465 e. The van der Waals surface area contributed by atoms with E-state index >= 15 is 0 Å². The monoisotopic (exact) mass is 337 g/mol. The highest BCUT2D eigenvalue weighted by atomic mass is 16.5. The van der Waals surface area contributed by atoms with Crippen molar-refractivity contribution in [1.82, 2.24) is 15.2 Å². The minimum atomic E-state index is -0.509. The number of carbonyl (C=O) groups excluding carboxylic acids is 3. The average molecular weight is 337 g/mol. The molecule has 0 spiro atoms. The molecule has 0 saturated carbocycles. The van der Waals surface area contributed by atoms with E-state index in [1.807, 2.05) is 13.8 Å². The third-order valence-electron chi connectivity index (χ3n) is 3.96. The van der Waals surface area contributed by atoms with Gasteiger partial charge in [0.1, 0.15) is 0 Å². The van der Waals surface area contributed by atoms with Crippen LogP contribution in [0.3, 0.4) is 0 Å². The Morgan fingerprint density at radius 3 is 2.29 bits per heavy atom. The molecule has 0 aromatic carbocycles. The number of rotatable bonds is 7. The molecule has 0 saturated heterocycles. The Morgan fingerprint density at radius 1 is 1.21 bits per heavy atom. The maximum atomic E-state index is 12.7.